The molecule has 2 aromatic rings. The van der Waals surface area contributed by atoms with Crippen molar-refractivity contribution in [2.75, 3.05) is 5.73 Å². The van der Waals surface area contributed by atoms with Gasteiger partial charge in [-0.1, -0.05) is 0 Å². The summed E-state index contributed by atoms with van der Waals surface area (Å²) < 4.78 is 1.97. The average molecular weight is 189 g/mol. The van der Waals surface area contributed by atoms with E-state index < -0.39 is 0 Å². The van der Waals surface area contributed by atoms with Gasteiger partial charge in [0.05, 0.1) is 18.2 Å². The van der Waals surface area contributed by atoms with Gasteiger partial charge in [0, 0.05) is 18.9 Å². The minimum Gasteiger partial charge on any atom is -0.382 e. The molecular weight excluding hydrogens is 178 g/mol. The highest BCUT2D eigenvalue weighted by atomic mass is 15.1. The Hall–Kier alpha value is -1.91. The summed E-state index contributed by atoms with van der Waals surface area (Å²) in [5, 5.41) is 0. The molecule has 5 nitrogen and oxygen atoms in total. The van der Waals surface area contributed by atoms with E-state index in [0.717, 1.165) is 12.2 Å². The smallest absolute Gasteiger partial charge is 0.151 e. The lowest BCUT2D eigenvalue weighted by Crippen LogP contribution is -2.01. The molecule has 0 saturated heterocycles. The van der Waals surface area contributed by atoms with Crippen LogP contribution >= 0.6 is 0 Å². The van der Waals surface area contributed by atoms with Gasteiger partial charge in [0.2, 0.25) is 0 Å². The van der Waals surface area contributed by atoms with Gasteiger partial charge >= 0.3 is 0 Å². The predicted octanol–water partition coefficient (Wildman–Crippen LogP) is 0.942. The maximum atomic E-state index is 5.72. The molecule has 2 rings (SSSR count). The second-order valence-electron chi connectivity index (χ2n) is 2.86. The topological polar surface area (TPSA) is 69.6 Å². The van der Waals surface area contributed by atoms with Gasteiger partial charge in [-0.25, -0.2) is 15.0 Å². The Morgan fingerprint density at radius 1 is 1.36 bits per heavy atom. The second-order valence-corrected chi connectivity index (χ2v) is 2.86. The van der Waals surface area contributed by atoms with Crippen LogP contribution in [0, 0.1) is 0 Å². The van der Waals surface area contributed by atoms with Crippen LogP contribution in [-0.2, 0) is 6.54 Å². The monoisotopic (exact) mass is 189 g/mol. The standard InChI is InChI=1S/C9H11N5/c1-2-14-6-11-5-7(14)8-9(10)13-4-3-12-8/h3-6H,2H2,1H3,(H2,10,13). The number of nitrogens with zero attached hydrogens (tertiary/aromatic N) is 4. The minimum absolute atomic E-state index is 0.433. The molecule has 14 heavy (non-hydrogen) atoms. The molecule has 0 bridgehead atoms. The molecule has 0 fully saturated rings. The summed E-state index contributed by atoms with van der Waals surface area (Å²) in [6, 6.07) is 0. The van der Waals surface area contributed by atoms with Crippen molar-refractivity contribution < 1.29 is 0 Å². The zero-order valence-electron chi connectivity index (χ0n) is 7.88. The summed E-state index contributed by atoms with van der Waals surface area (Å²) in [4.78, 5) is 12.2. The molecule has 0 atom stereocenters. The predicted molar refractivity (Wildman–Crippen MR) is 53.3 cm³/mol. The molecule has 0 spiro atoms. The summed E-state index contributed by atoms with van der Waals surface area (Å²) in [6.45, 7) is 2.88. The van der Waals surface area contributed by atoms with Crippen LogP contribution < -0.4 is 5.73 Å². The molecular formula is C9H11N5. The summed E-state index contributed by atoms with van der Waals surface area (Å²) in [7, 11) is 0. The molecule has 0 saturated carbocycles. The Morgan fingerprint density at radius 3 is 2.86 bits per heavy atom. The van der Waals surface area contributed by atoms with Crippen LogP contribution in [0.5, 0.6) is 0 Å². The number of anilines is 1. The van der Waals surface area contributed by atoms with E-state index in [1.54, 1.807) is 24.9 Å². The minimum atomic E-state index is 0.433. The van der Waals surface area contributed by atoms with Crippen molar-refractivity contribution in [1.29, 1.82) is 0 Å². The number of imidazole rings is 1. The number of nitrogens with two attached hydrogens (primary N) is 1. The van der Waals surface area contributed by atoms with Crippen LogP contribution in [0.1, 0.15) is 6.92 Å². The quantitative estimate of drug-likeness (QED) is 0.763. The first kappa shape index (κ1) is 8.68. The van der Waals surface area contributed by atoms with Crippen molar-refractivity contribution in [3.63, 3.8) is 0 Å². The van der Waals surface area contributed by atoms with E-state index in [4.69, 9.17) is 5.73 Å². The fourth-order valence-corrected chi connectivity index (χ4v) is 1.32. The Morgan fingerprint density at radius 2 is 2.14 bits per heavy atom. The Kier molecular flexibility index (Phi) is 2.14. The molecule has 2 N–H and O–H groups in total. The van der Waals surface area contributed by atoms with Crippen molar-refractivity contribution in [2.45, 2.75) is 13.5 Å². The van der Waals surface area contributed by atoms with Gasteiger partial charge in [-0.3, -0.25) is 0 Å². The highest BCUT2D eigenvalue weighted by Gasteiger charge is 2.08. The normalized spacial score (nSPS) is 10.4. The summed E-state index contributed by atoms with van der Waals surface area (Å²) in [5.74, 6) is 0.433. The fourth-order valence-electron chi connectivity index (χ4n) is 1.32. The molecule has 0 unspecified atom stereocenters. The highest BCUT2D eigenvalue weighted by molar-refractivity contribution is 5.65. The lowest BCUT2D eigenvalue weighted by molar-refractivity contribution is 0.766. The van der Waals surface area contributed by atoms with E-state index >= 15 is 0 Å². The molecule has 0 amide bonds. The van der Waals surface area contributed by atoms with Gasteiger partial charge < -0.3 is 10.3 Å². The Bertz CT molecular complexity index is 434. The van der Waals surface area contributed by atoms with Crippen LogP contribution in [-0.4, -0.2) is 19.5 Å². The fraction of sp³-hybridized carbons (Fsp3) is 0.222. The van der Waals surface area contributed by atoms with Crippen molar-refractivity contribution in [1.82, 2.24) is 19.5 Å². The molecule has 0 radical (unpaired) electrons. The largest absolute Gasteiger partial charge is 0.382 e. The first-order chi connectivity index (χ1) is 6.83. The highest BCUT2D eigenvalue weighted by Crippen LogP contribution is 2.20. The van der Waals surface area contributed by atoms with E-state index in [9.17, 15) is 0 Å². The third kappa shape index (κ3) is 1.32. The van der Waals surface area contributed by atoms with Crippen molar-refractivity contribution in [3.8, 4) is 11.4 Å². The zero-order valence-corrected chi connectivity index (χ0v) is 7.88. The molecule has 2 aromatic heterocycles. The van der Waals surface area contributed by atoms with E-state index in [2.05, 4.69) is 15.0 Å². The zero-order chi connectivity index (χ0) is 9.97. The van der Waals surface area contributed by atoms with E-state index in [1.165, 1.54) is 0 Å². The summed E-state index contributed by atoms with van der Waals surface area (Å²) in [5.41, 5.74) is 7.31. The summed E-state index contributed by atoms with van der Waals surface area (Å²) in [6.07, 6.45) is 6.69. The molecule has 0 aliphatic rings. The van der Waals surface area contributed by atoms with Crippen LogP contribution in [0.2, 0.25) is 0 Å². The number of aromatic nitrogens is 4. The number of aryl methyl sites for hydroxylation is 1. The van der Waals surface area contributed by atoms with E-state index in [1.807, 2.05) is 11.5 Å². The average Bonchev–Trinajstić information content (AvgIpc) is 2.66. The van der Waals surface area contributed by atoms with Gasteiger partial charge in [-0.15, -0.1) is 0 Å². The van der Waals surface area contributed by atoms with Crippen molar-refractivity contribution in [3.05, 3.63) is 24.9 Å². The maximum absolute atomic E-state index is 5.72. The summed E-state index contributed by atoms with van der Waals surface area (Å²) >= 11 is 0. The second kappa shape index (κ2) is 3.45. The van der Waals surface area contributed by atoms with Crippen LogP contribution in [0.4, 0.5) is 5.82 Å². The Balaban J connectivity index is 2.54. The van der Waals surface area contributed by atoms with Crippen LogP contribution in [0.3, 0.4) is 0 Å². The van der Waals surface area contributed by atoms with Gasteiger partial charge in [0.1, 0.15) is 5.69 Å². The number of hydrogen-bond donors (Lipinski definition) is 1. The third-order valence-electron chi connectivity index (χ3n) is 2.02. The van der Waals surface area contributed by atoms with E-state index in [0.29, 0.717) is 11.5 Å². The number of hydrogen-bond acceptors (Lipinski definition) is 4. The lowest BCUT2D eigenvalue weighted by Gasteiger charge is -2.05. The van der Waals surface area contributed by atoms with Gasteiger partial charge in [0.25, 0.3) is 0 Å². The molecule has 0 aliphatic heterocycles. The molecule has 2 heterocycles. The Labute approximate surface area is 81.6 Å². The molecule has 5 heteroatoms. The van der Waals surface area contributed by atoms with Gasteiger partial charge in [0.15, 0.2) is 5.82 Å². The van der Waals surface area contributed by atoms with Gasteiger partial charge in [-0.2, -0.15) is 0 Å². The number of rotatable bonds is 2. The molecule has 72 valence electrons. The van der Waals surface area contributed by atoms with Crippen molar-refractivity contribution >= 4 is 5.82 Å². The maximum Gasteiger partial charge on any atom is 0.151 e. The van der Waals surface area contributed by atoms with Crippen molar-refractivity contribution in [2.24, 2.45) is 0 Å². The number of nitrogen functional groups attached to an aromatic ring is 1. The van der Waals surface area contributed by atoms with Gasteiger partial charge in [-0.05, 0) is 6.92 Å². The van der Waals surface area contributed by atoms with Crippen LogP contribution in [0.25, 0.3) is 11.4 Å². The SMILES string of the molecule is CCn1cncc1-c1nccnc1N. The third-order valence-corrected chi connectivity index (χ3v) is 2.02. The van der Waals surface area contributed by atoms with Crippen LogP contribution in [0.15, 0.2) is 24.9 Å². The molecule has 0 aromatic carbocycles. The lowest BCUT2D eigenvalue weighted by atomic mass is 10.3. The van der Waals surface area contributed by atoms with E-state index in [-0.39, 0.29) is 0 Å². The molecule has 0 aliphatic carbocycles. The first-order valence-corrected chi connectivity index (χ1v) is 4.40. The first-order valence-electron chi connectivity index (χ1n) is 4.40.